The van der Waals surface area contributed by atoms with Crippen LogP contribution in [0.1, 0.15) is 24.1 Å². The molecule has 1 atom stereocenters. The van der Waals surface area contributed by atoms with Gasteiger partial charge >= 0.3 is 0 Å². The third-order valence-corrected chi connectivity index (χ3v) is 3.88. The molecular formula is C20H21ClN2. The summed E-state index contributed by atoms with van der Waals surface area (Å²) in [4.78, 5) is 4.06. The summed E-state index contributed by atoms with van der Waals surface area (Å²) in [6.07, 6.45) is 3.67. The lowest BCUT2D eigenvalue weighted by molar-refractivity contribution is 0.574. The highest BCUT2D eigenvalue weighted by Crippen LogP contribution is 2.19. The van der Waals surface area contributed by atoms with E-state index in [4.69, 9.17) is 0 Å². The Morgan fingerprint density at radius 1 is 0.826 bits per heavy atom. The highest BCUT2D eigenvalue weighted by molar-refractivity contribution is 5.85. The quantitative estimate of drug-likeness (QED) is 0.712. The summed E-state index contributed by atoms with van der Waals surface area (Å²) in [6.45, 7) is 3.03. The van der Waals surface area contributed by atoms with E-state index in [0.29, 0.717) is 6.04 Å². The van der Waals surface area contributed by atoms with Gasteiger partial charge in [0.1, 0.15) is 0 Å². The highest BCUT2D eigenvalue weighted by atomic mass is 35.5. The Bertz CT molecular complexity index is 697. The smallest absolute Gasteiger partial charge is 0.0296 e. The van der Waals surface area contributed by atoms with Crippen molar-refractivity contribution in [3.05, 3.63) is 90.3 Å². The molecule has 0 spiro atoms. The van der Waals surface area contributed by atoms with Crippen molar-refractivity contribution in [3.63, 3.8) is 0 Å². The van der Waals surface area contributed by atoms with Crippen LogP contribution in [-0.2, 0) is 6.54 Å². The van der Waals surface area contributed by atoms with Crippen molar-refractivity contribution in [2.45, 2.75) is 19.5 Å². The molecule has 1 unspecified atom stereocenters. The van der Waals surface area contributed by atoms with E-state index in [0.717, 1.165) is 6.54 Å². The van der Waals surface area contributed by atoms with Gasteiger partial charge in [0.05, 0.1) is 0 Å². The monoisotopic (exact) mass is 324 g/mol. The molecule has 3 rings (SSSR count). The topological polar surface area (TPSA) is 24.9 Å². The molecule has 0 bridgehead atoms. The van der Waals surface area contributed by atoms with Gasteiger partial charge in [-0.25, -0.2) is 0 Å². The van der Waals surface area contributed by atoms with Crippen molar-refractivity contribution >= 4 is 12.4 Å². The van der Waals surface area contributed by atoms with Gasteiger partial charge in [-0.05, 0) is 41.3 Å². The lowest BCUT2D eigenvalue weighted by Crippen LogP contribution is -2.17. The second-order valence-corrected chi connectivity index (χ2v) is 5.45. The summed E-state index contributed by atoms with van der Waals surface area (Å²) in [6, 6.07) is 23.6. The van der Waals surface area contributed by atoms with Crippen LogP contribution in [0.4, 0.5) is 0 Å². The van der Waals surface area contributed by atoms with Crippen molar-refractivity contribution in [1.82, 2.24) is 10.3 Å². The molecule has 3 aromatic rings. The number of pyridine rings is 1. The number of rotatable bonds is 5. The largest absolute Gasteiger partial charge is 0.306 e. The van der Waals surface area contributed by atoms with Gasteiger partial charge in [-0.3, -0.25) is 4.98 Å². The Kier molecular flexibility index (Phi) is 6.33. The van der Waals surface area contributed by atoms with E-state index < -0.39 is 0 Å². The zero-order valence-electron chi connectivity index (χ0n) is 13.1. The Morgan fingerprint density at radius 3 is 2.09 bits per heavy atom. The standard InChI is InChI=1S/C20H20N2.ClH/c1-16(18-11-13-21-14-12-18)22-15-17-7-9-20(10-8-17)19-5-3-2-4-6-19;/h2-14,16,22H,15H2,1H3;1H. The van der Waals surface area contributed by atoms with Gasteiger partial charge < -0.3 is 5.32 Å². The molecule has 0 aliphatic carbocycles. The average Bonchev–Trinajstić information content (AvgIpc) is 2.61. The molecule has 0 saturated heterocycles. The number of halogens is 1. The van der Waals surface area contributed by atoms with Crippen molar-refractivity contribution in [2.75, 3.05) is 0 Å². The summed E-state index contributed by atoms with van der Waals surface area (Å²) >= 11 is 0. The van der Waals surface area contributed by atoms with E-state index in [1.54, 1.807) is 0 Å². The van der Waals surface area contributed by atoms with Crippen molar-refractivity contribution in [3.8, 4) is 11.1 Å². The molecule has 2 aromatic carbocycles. The van der Waals surface area contributed by atoms with Crippen LogP contribution in [0.15, 0.2) is 79.1 Å². The first kappa shape index (κ1) is 17.2. The minimum absolute atomic E-state index is 0. The minimum atomic E-state index is 0. The van der Waals surface area contributed by atoms with Gasteiger partial charge in [-0.15, -0.1) is 12.4 Å². The molecule has 0 saturated carbocycles. The summed E-state index contributed by atoms with van der Waals surface area (Å²) in [5.74, 6) is 0. The Labute approximate surface area is 144 Å². The molecule has 1 aromatic heterocycles. The van der Waals surface area contributed by atoms with Gasteiger partial charge in [0, 0.05) is 25.0 Å². The molecule has 0 amide bonds. The molecule has 23 heavy (non-hydrogen) atoms. The average molecular weight is 325 g/mol. The molecule has 2 nitrogen and oxygen atoms in total. The van der Waals surface area contributed by atoms with Gasteiger partial charge in [0.25, 0.3) is 0 Å². The number of benzene rings is 2. The first-order chi connectivity index (χ1) is 10.8. The normalized spacial score (nSPS) is 11.5. The van der Waals surface area contributed by atoms with Crippen LogP contribution >= 0.6 is 12.4 Å². The van der Waals surface area contributed by atoms with Crippen molar-refractivity contribution in [1.29, 1.82) is 0 Å². The van der Waals surface area contributed by atoms with Crippen LogP contribution in [-0.4, -0.2) is 4.98 Å². The Balaban J connectivity index is 0.00000192. The molecule has 118 valence electrons. The predicted octanol–water partition coefficient (Wildman–Crippen LogP) is 5.02. The number of nitrogens with zero attached hydrogens (tertiary/aromatic N) is 1. The van der Waals surface area contributed by atoms with Crippen LogP contribution < -0.4 is 5.32 Å². The molecular weight excluding hydrogens is 304 g/mol. The fourth-order valence-corrected chi connectivity index (χ4v) is 2.49. The second kappa shape index (κ2) is 8.47. The minimum Gasteiger partial charge on any atom is -0.306 e. The number of hydrogen-bond donors (Lipinski definition) is 1. The summed E-state index contributed by atoms with van der Waals surface area (Å²) in [5.41, 5.74) is 5.06. The van der Waals surface area contributed by atoms with Gasteiger partial charge in [-0.1, -0.05) is 54.6 Å². The summed E-state index contributed by atoms with van der Waals surface area (Å²) in [7, 11) is 0. The molecule has 1 heterocycles. The van der Waals surface area contributed by atoms with E-state index >= 15 is 0 Å². The fourth-order valence-electron chi connectivity index (χ4n) is 2.49. The van der Waals surface area contributed by atoms with Crippen LogP contribution in [0.3, 0.4) is 0 Å². The lowest BCUT2D eigenvalue weighted by Gasteiger charge is -2.14. The van der Waals surface area contributed by atoms with Crippen LogP contribution in [0.2, 0.25) is 0 Å². The van der Waals surface area contributed by atoms with Crippen LogP contribution in [0, 0.1) is 0 Å². The maximum Gasteiger partial charge on any atom is 0.0296 e. The van der Waals surface area contributed by atoms with E-state index in [-0.39, 0.29) is 12.4 Å². The zero-order valence-corrected chi connectivity index (χ0v) is 14.0. The maximum atomic E-state index is 4.06. The Hall–Kier alpha value is -2.16. The summed E-state index contributed by atoms with van der Waals surface area (Å²) in [5, 5.41) is 3.55. The molecule has 0 aliphatic rings. The van der Waals surface area contributed by atoms with Gasteiger partial charge in [-0.2, -0.15) is 0 Å². The van der Waals surface area contributed by atoms with Crippen molar-refractivity contribution in [2.24, 2.45) is 0 Å². The second-order valence-electron chi connectivity index (χ2n) is 5.45. The lowest BCUT2D eigenvalue weighted by atomic mass is 10.0. The third-order valence-electron chi connectivity index (χ3n) is 3.88. The van der Waals surface area contributed by atoms with Crippen LogP contribution in [0.25, 0.3) is 11.1 Å². The first-order valence-corrected chi connectivity index (χ1v) is 7.60. The van der Waals surface area contributed by atoms with E-state index in [1.165, 1.54) is 22.3 Å². The van der Waals surface area contributed by atoms with Crippen molar-refractivity contribution < 1.29 is 0 Å². The first-order valence-electron chi connectivity index (χ1n) is 7.60. The number of aromatic nitrogens is 1. The molecule has 3 heteroatoms. The van der Waals surface area contributed by atoms with Gasteiger partial charge in [0.2, 0.25) is 0 Å². The van der Waals surface area contributed by atoms with Crippen LogP contribution in [0.5, 0.6) is 0 Å². The predicted molar refractivity (Wildman–Crippen MR) is 98.6 cm³/mol. The van der Waals surface area contributed by atoms with E-state index in [9.17, 15) is 0 Å². The SMILES string of the molecule is CC(NCc1ccc(-c2ccccc2)cc1)c1ccncc1.Cl. The Morgan fingerprint density at radius 2 is 1.43 bits per heavy atom. The zero-order chi connectivity index (χ0) is 15.2. The number of hydrogen-bond acceptors (Lipinski definition) is 2. The maximum absolute atomic E-state index is 4.06. The van der Waals surface area contributed by atoms with E-state index in [1.807, 2.05) is 18.5 Å². The van der Waals surface area contributed by atoms with E-state index in [2.05, 4.69) is 77.9 Å². The number of nitrogens with one attached hydrogen (secondary N) is 1. The molecule has 1 N–H and O–H groups in total. The van der Waals surface area contributed by atoms with Gasteiger partial charge in [0.15, 0.2) is 0 Å². The molecule has 0 fully saturated rings. The molecule has 0 radical (unpaired) electrons. The third kappa shape index (κ3) is 4.65. The summed E-state index contributed by atoms with van der Waals surface area (Å²) < 4.78 is 0. The molecule has 0 aliphatic heterocycles. The highest BCUT2D eigenvalue weighted by Gasteiger charge is 2.04. The fraction of sp³-hybridized carbons (Fsp3) is 0.150.